The molecule has 1 aromatic heterocycles. The first kappa shape index (κ1) is 20.5. The van der Waals surface area contributed by atoms with Gasteiger partial charge in [0.1, 0.15) is 0 Å². The van der Waals surface area contributed by atoms with Gasteiger partial charge in [-0.05, 0) is 48.7 Å². The van der Waals surface area contributed by atoms with Crippen LogP contribution in [0.25, 0.3) is 0 Å². The number of anilines is 1. The Kier molecular flexibility index (Phi) is 5.32. The first-order chi connectivity index (χ1) is 15.5. The van der Waals surface area contributed by atoms with E-state index < -0.39 is 0 Å². The highest BCUT2D eigenvalue weighted by Gasteiger charge is 2.35. The fraction of sp³-hybridized carbons (Fsp3) is 0.185. The van der Waals surface area contributed by atoms with E-state index in [4.69, 9.17) is 11.6 Å². The van der Waals surface area contributed by atoms with E-state index in [-0.39, 0.29) is 11.8 Å². The van der Waals surface area contributed by atoms with Crippen LogP contribution in [-0.2, 0) is 6.54 Å². The largest absolute Gasteiger partial charge is 0.307 e. The van der Waals surface area contributed by atoms with Crippen molar-refractivity contribution in [1.29, 1.82) is 0 Å². The van der Waals surface area contributed by atoms with Crippen LogP contribution in [0.1, 0.15) is 44.4 Å². The minimum absolute atomic E-state index is 0.00763. The van der Waals surface area contributed by atoms with Gasteiger partial charge in [-0.2, -0.15) is 5.10 Å². The van der Waals surface area contributed by atoms with Crippen molar-refractivity contribution < 1.29 is 4.79 Å². The lowest BCUT2D eigenvalue weighted by Crippen LogP contribution is -2.31. The first-order valence-electron chi connectivity index (χ1n) is 10.8. The predicted molar refractivity (Wildman–Crippen MR) is 129 cm³/mol. The number of amides is 1. The molecule has 0 spiro atoms. The van der Waals surface area contributed by atoms with Gasteiger partial charge >= 0.3 is 0 Å². The lowest BCUT2D eigenvalue weighted by atomic mass is 9.93. The zero-order chi connectivity index (χ0) is 22.2. The van der Waals surface area contributed by atoms with Gasteiger partial charge in [0.25, 0.3) is 5.91 Å². The molecule has 1 aliphatic heterocycles. The lowest BCUT2D eigenvalue weighted by Gasteiger charge is -2.18. The van der Waals surface area contributed by atoms with Crippen LogP contribution in [0.3, 0.4) is 0 Å². The van der Waals surface area contributed by atoms with Crippen LogP contribution in [0.5, 0.6) is 0 Å². The van der Waals surface area contributed by atoms with Gasteiger partial charge < -0.3 is 4.90 Å². The zero-order valence-corrected chi connectivity index (χ0v) is 18.9. The molecular formula is C27H24ClN3O. The summed E-state index contributed by atoms with van der Waals surface area (Å²) in [5.41, 5.74) is 6.80. The van der Waals surface area contributed by atoms with E-state index in [9.17, 15) is 4.79 Å². The number of aryl methyl sites for hydroxylation is 1. The van der Waals surface area contributed by atoms with Crippen LogP contribution in [0.4, 0.5) is 5.69 Å². The van der Waals surface area contributed by atoms with Crippen molar-refractivity contribution in [3.63, 3.8) is 0 Å². The summed E-state index contributed by atoms with van der Waals surface area (Å²) in [4.78, 5) is 15.7. The maximum Gasteiger partial charge on any atom is 0.262 e. The number of benzene rings is 3. The summed E-state index contributed by atoms with van der Waals surface area (Å²) < 4.78 is 1.91. The number of hydrogen-bond acceptors (Lipinski definition) is 2. The summed E-state index contributed by atoms with van der Waals surface area (Å²) in [7, 11) is 0. The van der Waals surface area contributed by atoms with Gasteiger partial charge in [0.2, 0.25) is 0 Å². The second kappa shape index (κ2) is 8.29. The van der Waals surface area contributed by atoms with Crippen molar-refractivity contribution in [2.24, 2.45) is 0 Å². The Bertz CT molecular complexity index is 1280. The van der Waals surface area contributed by atoms with Gasteiger partial charge in [0.05, 0.1) is 17.8 Å². The van der Waals surface area contributed by atoms with E-state index in [1.165, 1.54) is 11.1 Å². The molecule has 0 radical (unpaired) electrons. The maximum absolute atomic E-state index is 13.8. The quantitative estimate of drug-likeness (QED) is 0.390. The molecule has 0 fully saturated rings. The van der Waals surface area contributed by atoms with E-state index in [2.05, 4.69) is 35.4 Å². The standard InChI is InChI=1S/C27H24ClN3O/c1-18-26(19(2)31(29-18)16-20-12-14-22(28)15-13-20)27(32)30-17-24(21-8-4-3-5-9-21)23-10-6-7-11-25(23)30/h3-15,24H,16-17H2,1-2H3. The number of hydrogen-bond donors (Lipinski definition) is 0. The van der Waals surface area contributed by atoms with Gasteiger partial charge in [0.15, 0.2) is 0 Å². The maximum atomic E-state index is 13.8. The summed E-state index contributed by atoms with van der Waals surface area (Å²) in [5, 5.41) is 5.40. The fourth-order valence-corrected chi connectivity index (χ4v) is 4.75. The molecule has 4 nitrogen and oxygen atoms in total. The molecule has 160 valence electrons. The van der Waals surface area contributed by atoms with Crippen LogP contribution in [-0.4, -0.2) is 22.2 Å². The van der Waals surface area contributed by atoms with Crippen LogP contribution in [0.15, 0.2) is 78.9 Å². The third-order valence-electron chi connectivity index (χ3n) is 6.26. The molecular weight excluding hydrogens is 418 g/mol. The van der Waals surface area contributed by atoms with Gasteiger partial charge in [-0.1, -0.05) is 72.3 Å². The third-order valence-corrected chi connectivity index (χ3v) is 6.51. The Labute approximate surface area is 193 Å². The second-order valence-corrected chi connectivity index (χ2v) is 8.70. The van der Waals surface area contributed by atoms with E-state index >= 15 is 0 Å². The number of carbonyl (C=O) groups is 1. The molecule has 3 aromatic carbocycles. The number of rotatable bonds is 4. The van der Waals surface area contributed by atoms with Gasteiger partial charge in [0, 0.05) is 28.9 Å². The summed E-state index contributed by atoms with van der Waals surface area (Å²) in [6.45, 7) is 5.11. The minimum atomic E-state index is 0.00763. The number of fused-ring (bicyclic) bond motifs is 1. The first-order valence-corrected chi connectivity index (χ1v) is 11.1. The molecule has 0 aliphatic carbocycles. The molecule has 5 rings (SSSR count). The van der Waals surface area contributed by atoms with Crippen LogP contribution in [0, 0.1) is 13.8 Å². The SMILES string of the molecule is Cc1nn(Cc2ccc(Cl)cc2)c(C)c1C(=O)N1CC(c2ccccc2)c2ccccc21. The Morgan fingerprint density at radius 3 is 2.41 bits per heavy atom. The molecule has 4 aromatic rings. The van der Waals surface area contributed by atoms with Crippen molar-refractivity contribution in [3.8, 4) is 0 Å². The molecule has 0 saturated heterocycles. The van der Waals surface area contributed by atoms with Gasteiger partial charge in [-0.3, -0.25) is 9.48 Å². The molecule has 1 aliphatic rings. The number of aromatic nitrogens is 2. The zero-order valence-electron chi connectivity index (χ0n) is 18.1. The fourth-order valence-electron chi connectivity index (χ4n) is 4.63. The van der Waals surface area contributed by atoms with E-state index in [0.717, 1.165) is 22.6 Å². The Hall–Kier alpha value is -3.37. The summed E-state index contributed by atoms with van der Waals surface area (Å²) in [6.07, 6.45) is 0. The average molecular weight is 442 g/mol. The summed E-state index contributed by atoms with van der Waals surface area (Å²) in [5.74, 6) is 0.175. The highest BCUT2D eigenvalue weighted by atomic mass is 35.5. The van der Waals surface area contributed by atoms with Crippen LogP contribution < -0.4 is 4.90 Å². The number of carbonyl (C=O) groups excluding carboxylic acids is 1. The number of halogens is 1. The second-order valence-electron chi connectivity index (χ2n) is 8.27. The molecule has 32 heavy (non-hydrogen) atoms. The van der Waals surface area contributed by atoms with E-state index in [1.54, 1.807) is 0 Å². The topological polar surface area (TPSA) is 38.1 Å². The number of nitrogens with zero attached hydrogens (tertiary/aromatic N) is 3. The Balaban J connectivity index is 1.48. The lowest BCUT2D eigenvalue weighted by molar-refractivity contribution is 0.0987. The monoisotopic (exact) mass is 441 g/mol. The van der Waals surface area contributed by atoms with Crippen molar-refractivity contribution in [3.05, 3.63) is 118 Å². The highest BCUT2D eigenvalue weighted by molar-refractivity contribution is 6.30. The molecule has 5 heteroatoms. The van der Waals surface area contributed by atoms with Crippen molar-refractivity contribution in [2.75, 3.05) is 11.4 Å². The average Bonchev–Trinajstić information content (AvgIpc) is 3.33. The van der Waals surface area contributed by atoms with E-state index in [0.29, 0.717) is 23.7 Å². The number of para-hydroxylation sites is 1. The summed E-state index contributed by atoms with van der Waals surface area (Å²) >= 11 is 6.01. The van der Waals surface area contributed by atoms with Crippen LogP contribution >= 0.6 is 11.6 Å². The minimum Gasteiger partial charge on any atom is -0.307 e. The molecule has 0 bridgehead atoms. The predicted octanol–water partition coefficient (Wildman–Crippen LogP) is 5.99. The van der Waals surface area contributed by atoms with Crippen molar-refractivity contribution in [1.82, 2.24) is 9.78 Å². The molecule has 0 N–H and O–H groups in total. The van der Waals surface area contributed by atoms with Gasteiger partial charge in [-0.25, -0.2) is 0 Å². The summed E-state index contributed by atoms with van der Waals surface area (Å²) in [6, 6.07) is 26.3. The van der Waals surface area contributed by atoms with Crippen molar-refractivity contribution >= 4 is 23.2 Å². The molecule has 2 heterocycles. The normalized spacial score (nSPS) is 15.1. The molecule has 1 unspecified atom stereocenters. The third kappa shape index (κ3) is 3.61. The van der Waals surface area contributed by atoms with E-state index in [1.807, 2.05) is 72.0 Å². The highest BCUT2D eigenvalue weighted by Crippen LogP contribution is 2.41. The smallest absolute Gasteiger partial charge is 0.262 e. The van der Waals surface area contributed by atoms with Crippen molar-refractivity contribution in [2.45, 2.75) is 26.3 Å². The molecule has 0 saturated carbocycles. The van der Waals surface area contributed by atoms with Gasteiger partial charge in [-0.15, -0.1) is 0 Å². The Morgan fingerprint density at radius 1 is 0.969 bits per heavy atom. The molecule has 1 atom stereocenters. The van der Waals surface area contributed by atoms with Crippen LogP contribution in [0.2, 0.25) is 5.02 Å². The molecule has 1 amide bonds. The Morgan fingerprint density at radius 2 is 1.66 bits per heavy atom.